The maximum Gasteiger partial charge on any atom is 0.405 e. The van der Waals surface area contributed by atoms with Crippen LogP contribution < -0.4 is 10.6 Å². The Morgan fingerprint density at radius 3 is 2.39 bits per heavy atom. The first kappa shape index (κ1) is 14.6. The topological polar surface area (TPSA) is 41.1 Å². The van der Waals surface area contributed by atoms with Gasteiger partial charge in [-0.3, -0.25) is 4.79 Å². The summed E-state index contributed by atoms with van der Waals surface area (Å²) in [5.41, 5.74) is 0.606. The van der Waals surface area contributed by atoms with E-state index in [1.807, 2.05) is 0 Å². The summed E-state index contributed by atoms with van der Waals surface area (Å²) in [6.45, 7) is 0.138. The second-order valence-corrected chi connectivity index (χ2v) is 4.14. The van der Waals surface area contributed by atoms with Gasteiger partial charge in [-0.25, -0.2) is 0 Å². The third-order valence-corrected chi connectivity index (χ3v) is 2.34. The van der Waals surface area contributed by atoms with E-state index >= 15 is 0 Å². The van der Waals surface area contributed by atoms with Crippen molar-refractivity contribution >= 4 is 23.2 Å². The van der Waals surface area contributed by atoms with Crippen molar-refractivity contribution < 1.29 is 18.0 Å². The van der Waals surface area contributed by atoms with Crippen molar-refractivity contribution in [1.29, 1.82) is 0 Å². The van der Waals surface area contributed by atoms with Crippen LogP contribution in [-0.4, -0.2) is 24.7 Å². The lowest BCUT2D eigenvalue weighted by atomic mass is 10.2. The molecule has 18 heavy (non-hydrogen) atoms. The highest BCUT2D eigenvalue weighted by Crippen LogP contribution is 2.15. The van der Waals surface area contributed by atoms with Crippen molar-refractivity contribution in [3.8, 4) is 0 Å². The SMILES string of the molecule is CC(Nc1ccc(Cl)cc1)C(=O)NCC(F)(F)F. The number of hydrogen-bond acceptors (Lipinski definition) is 2. The number of carbonyl (C=O) groups excluding carboxylic acids is 1. The Balaban J connectivity index is 2.47. The van der Waals surface area contributed by atoms with Crippen LogP contribution in [-0.2, 0) is 4.79 Å². The molecule has 0 heterocycles. The van der Waals surface area contributed by atoms with Crippen LogP contribution in [0.5, 0.6) is 0 Å². The first-order valence-corrected chi connectivity index (χ1v) is 5.52. The molecule has 3 nitrogen and oxygen atoms in total. The molecule has 0 aromatic heterocycles. The molecule has 1 unspecified atom stereocenters. The van der Waals surface area contributed by atoms with E-state index in [0.717, 1.165) is 0 Å². The van der Waals surface area contributed by atoms with Gasteiger partial charge in [0, 0.05) is 10.7 Å². The summed E-state index contributed by atoms with van der Waals surface area (Å²) in [4.78, 5) is 11.4. The van der Waals surface area contributed by atoms with E-state index in [-0.39, 0.29) is 0 Å². The van der Waals surface area contributed by atoms with Gasteiger partial charge in [0.1, 0.15) is 12.6 Å². The van der Waals surface area contributed by atoms with Gasteiger partial charge in [0.05, 0.1) is 0 Å². The third kappa shape index (κ3) is 5.27. The molecule has 0 fully saturated rings. The fraction of sp³-hybridized carbons (Fsp3) is 0.364. The zero-order chi connectivity index (χ0) is 13.8. The summed E-state index contributed by atoms with van der Waals surface area (Å²) in [6, 6.07) is 5.73. The number of rotatable bonds is 4. The van der Waals surface area contributed by atoms with Gasteiger partial charge >= 0.3 is 6.18 Å². The number of anilines is 1. The first-order chi connectivity index (χ1) is 8.28. The molecule has 1 aromatic rings. The van der Waals surface area contributed by atoms with E-state index in [1.165, 1.54) is 6.92 Å². The zero-order valence-corrected chi connectivity index (χ0v) is 10.3. The van der Waals surface area contributed by atoms with Crippen LogP contribution in [0.2, 0.25) is 5.02 Å². The average molecular weight is 281 g/mol. The van der Waals surface area contributed by atoms with Crippen molar-refractivity contribution in [2.75, 3.05) is 11.9 Å². The van der Waals surface area contributed by atoms with Gasteiger partial charge in [-0.05, 0) is 31.2 Å². The van der Waals surface area contributed by atoms with Crippen molar-refractivity contribution in [3.63, 3.8) is 0 Å². The van der Waals surface area contributed by atoms with Crippen LogP contribution in [0.1, 0.15) is 6.92 Å². The highest BCUT2D eigenvalue weighted by molar-refractivity contribution is 6.30. The van der Waals surface area contributed by atoms with Crippen molar-refractivity contribution in [1.82, 2.24) is 5.32 Å². The standard InChI is InChI=1S/C11H12ClF3N2O/c1-7(10(18)16-6-11(13,14)15)17-9-4-2-8(12)3-5-9/h2-5,7,17H,6H2,1H3,(H,16,18). The molecular weight excluding hydrogens is 269 g/mol. The van der Waals surface area contributed by atoms with E-state index in [2.05, 4.69) is 5.32 Å². The Labute approximate surface area is 107 Å². The molecule has 1 amide bonds. The maximum atomic E-state index is 11.9. The largest absolute Gasteiger partial charge is 0.405 e. The lowest BCUT2D eigenvalue weighted by Gasteiger charge is -2.16. The molecule has 1 rings (SSSR count). The van der Waals surface area contributed by atoms with Crippen molar-refractivity contribution in [2.24, 2.45) is 0 Å². The lowest BCUT2D eigenvalue weighted by Crippen LogP contribution is -2.42. The predicted octanol–water partition coefficient (Wildman–Crippen LogP) is 2.82. The van der Waals surface area contributed by atoms with Crippen LogP contribution >= 0.6 is 11.6 Å². The number of nitrogens with one attached hydrogen (secondary N) is 2. The summed E-state index contributed by atoms with van der Waals surface area (Å²) < 4.78 is 35.7. The van der Waals surface area contributed by atoms with E-state index in [1.54, 1.807) is 29.6 Å². The van der Waals surface area contributed by atoms with E-state index in [0.29, 0.717) is 10.7 Å². The molecule has 7 heteroatoms. The summed E-state index contributed by atoms with van der Waals surface area (Å²) in [6.07, 6.45) is -4.41. The smallest absolute Gasteiger partial charge is 0.374 e. The zero-order valence-electron chi connectivity index (χ0n) is 9.51. The molecule has 0 radical (unpaired) electrons. The molecule has 0 saturated carbocycles. The van der Waals surface area contributed by atoms with Gasteiger partial charge in [-0.2, -0.15) is 13.2 Å². The Bertz CT molecular complexity index is 406. The summed E-state index contributed by atoms with van der Waals surface area (Å²) in [5.74, 6) is -0.720. The van der Waals surface area contributed by atoms with Crippen molar-refractivity contribution in [2.45, 2.75) is 19.1 Å². The lowest BCUT2D eigenvalue weighted by molar-refractivity contribution is -0.138. The van der Waals surface area contributed by atoms with Crippen LogP contribution in [0, 0.1) is 0 Å². The Hall–Kier alpha value is -1.43. The summed E-state index contributed by atoms with van der Waals surface area (Å²) in [7, 11) is 0. The fourth-order valence-corrected chi connectivity index (χ4v) is 1.33. The monoisotopic (exact) mass is 280 g/mol. The Kier molecular flexibility index (Phi) is 4.84. The Morgan fingerprint density at radius 2 is 1.89 bits per heavy atom. The fourth-order valence-electron chi connectivity index (χ4n) is 1.20. The minimum absolute atomic E-state index is 0.537. The number of carbonyl (C=O) groups is 1. The minimum Gasteiger partial charge on any atom is -0.374 e. The van der Waals surface area contributed by atoms with Gasteiger partial charge in [0.2, 0.25) is 5.91 Å². The van der Waals surface area contributed by atoms with Crippen LogP contribution in [0.15, 0.2) is 24.3 Å². The van der Waals surface area contributed by atoms with Gasteiger partial charge in [-0.1, -0.05) is 11.6 Å². The Morgan fingerprint density at radius 1 is 1.33 bits per heavy atom. The van der Waals surface area contributed by atoms with Crippen LogP contribution in [0.4, 0.5) is 18.9 Å². The molecule has 2 N–H and O–H groups in total. The maximum absolute atomic E-state index is 11.9. The van der Waals surface area contributed by atoms with Gasteiger partial charge in [0.25, 0.3) is 0 Å². The minimum atomic E-state index is -4.41. The average Bonchev–Trinajstić information content (AvgIpc) is 2.28. The second-order valence-electron chi connectivity index (χ2n) is 3.71. The molecule has 1 aromatic carbocycles. The van der Waals surface area contributed by atoms with Crippen LogP contribution in [0.3, 0.4) is 0 Å². The normalized spacial score (nSPS) is 12.9. The summed E-state index contributed by atoms with van der Waals surface area (Å²) in [5, 5.41) is 5.11. The highest BCUT2D eigenvalue weighted by Gasteiger charge is 2.28. The van der Waals surface area contributed by atoms with Gasteiger partial charge < -0.3 is 10.6 Å². The highest BCUT2D eigenvalue weighted by atomic mass is 35.5. The molecule has 0 saturated heterocycles. The number of halogens is 4. The number of hydrogen-bond donors (Lipinski definition) is 2. The first-order valence-electron chi connectivity index (χ1n) is 5.14. The molecule has 0 aliphatic carbocycles. The van der Waals surface area contributed by atoms with Gasteiger partial charge in [-0.15, -0.1) is 0 Å². The molecule has 100 valence electrons. The molecule has 0 bridgehead atoms. The molecule has 0 aliphatic heterocycles. The molecule has 0 spiro atoms. The number of alkyl halides is 3. The molecule has 1 atom stereocenters. The van der Waals surface area contributed by atoms with Crippen molar-refractivity contribution in [3.05, 3.63) is 29.3 Å². The molecular formula is C11H12ClF3N2O. The van der Waals surface area contributed by atoms with Gasteiger partial charge in [0.15, 0.2) is 0 Å². The van der Waals surface area contributed by atoms with E-state index in [4.69, 9.17) is 11.6 Å². The predicted molar refractivity (Wildman–Crippen MR) is 63.6 cm³/mol. The third-order valence-electron chi connectivity index (χ3n) is 2.08. The second kappa shape index (κ2) is 5.95. The van der Waals surface area contributed by atoms with E-state index < -0.39 is 24.7 Å². The number of amides is 1. The number of benzene rings is 1. The molecule has 0 aliphatic rings. The van der Waals surface area contributed by atoms with Crippen LogP contribution in [0.25, 0.3) is 0 Å². The van der Waals surface area contributed by atoms with E-state index in [9.17, 15) is 18.0 Å². The summed E-state index contributed by atoms with van der Waals surface area (Å²) >= 11 is 5.68. The quantitative estimate of drug-likeness (QED) is 0.890.